The average molecular weight is 357 g/mol. The molecule has 25 heavy (non-hydrogen) atoms. The van der Waals surface area contributed by atoms with E-state index >= 15 is 0 Å². The highest BCUT2D eigenvalue weighted by molar-refractivity contribution is 7.93. The molecule has 4 nitrogen and oxygen atoms in total. The van der Waals surface area contributed by atoms with Crippen LogP contribution in [0.15, 0.2) is 47.4 Å². The van der Waals surface area contributed by atoms with E-state index in [0.717, 1.165) is 23.1 Å². The van der Waals surface area contributed by atoms with Gasteiger partial charge in [-0.25, -0.2) is 8.42 Å². The van der Waals surface area contributed by atoms with E-state index in [-0.39, 0.29) is 4.90 Å². The molecule has 1 fully saturated rings. The highest BCUT2D eigenvalue weighted by Crippen LogP contribution is 2.43. The highest BCUT2D eigenvalue weighted by atomic mass is 32.2. The standard InChI is InChI=1S/C20H23NO3S/c1-14-5-7-18(8-6-14)25(23,24)20(9-4-10-20)19(22)21-17-12-15(2)11-16(3)13-17/h5-8,11-13H,4,9-10H2,1-3H3,(H,21,22). The summed E-state index contributed by atoms with van der Waals surface area (Å²) in [5, 5.41) is 2.84. The van der Waals surface area contributed by atoms with E-state index in [2.05, 4.69) is 5.32 Å². The zero-order valence-electron chi connectivity index (χ0n) is 14.8. The molecule has 0 radical (unpaired) electrons. The summed E-state index contributed by atoms with van der Waals surface area (Å²) in [7, 11) is -3.73. The zero-order chi connectivity index (χ0) is 18.2. The van der Waals surface area contributed by atoms with Gasteiger partial charge in [0.1, 0.15) is 0 Å². The van der Waals surface area contributed by atoms with Gasteiger partial charge in [0.15, 0.2) is 14.6 Å². The molecule has 2 aromatic rings. The van der Waals surface area contributed by atoms with E-state index in [0.29, 0.717) is 18.5 Å². The Morgan fingerprint density at radius 1 is 0.920 bits per heavy atom. The molecule has 3 rings (SSSR count). The third-order valence-electron chi connectivity index (χ3n) is 4.90. The lowest BCUT2D eigenvalue weighted by atomic mass is 9.83. The topological polar surface area (TPSA) is 63.2 Å². The SMILES string of the molecule is Cc1ccc(S(=O)(=O)C2(C(=O)Nc3cc(C)cc(C)c3)CCC2)cc1. The number of carbonyl (C=O) groups is 1. The van der Waals surface area contributed by atoms with Crippen molar-refractivity contribution in [1.29, 1.82) is 0 Å². The van der Waals surface area contributed by atoms with E-state index in [4.69, 9.17) is 0 Å². The summed E-state index contributed by atoms with van der Waals surface area (Å²) in [5.74, 6) is -0.427. The van der Waals surface area contributed by atoms with Gasteiger partial charge in [-0.1, -0.05) is 23.8 Å². The Labute approximate surface area is 149 Å². The van der Waals surface area contributed by atoms with Gasteiger partial charge in [-0.2, -0.15) is 0 Å². The summed E-state index contributed by atoms with van der Waals surface area (Å²) < 4.78 is 24.9. The summed E-state index contributed by atoms with van der Waals surface area (Å²) >= 11 is 0. The molecule has 0 atom stereocenters. The van der Waals surface area contributed by atoms with E-state index in [1.165, 1.54) is 0 Å². The van der Waals surface area contributed by atoms with Gasteiger partial charge in [0.25, 0.3) is 0 Å². The summed E-state index contributed by atoms with van der Waals surface area (Å²) in [6, 6.07) is 12.4. The van der Waals surface area contributed by atoms with Crippen LogP contribution in [0.1, 0.15) is 36.0 Å². The zero-order valence-corrected chi connectivity index (χ0v) is 15.6. The number of hydrogen-bond acceptors (Lipinski definition) is 3. The largest absolute Gasteiger partial charge is 0.325 e. The lowest BCUT2D eigenvalue weighted by Crippen LogP contribution is -2.54. The monoisotopic (exact) mass is 357 g/mol. The molecule has 0 aromatic heterocycles. The molecule has 1 N–H and O–H groups in total. The van der Waals surface area contributed by atoms with E-state index in [1.54, 1.807) is 24.3 Å². The van der Waals surface area contributed by atoms with Crippen molar-refractivity contribution in [2.75, 3.05) is 5.32 Å². The predicted molar refractivity (Wildman–Crippen MR) is 99.5 cm³/mol. The van der Waals surface area contributed by atoms with Crippen molar-refractivity contribution in [2.24, 2.45) is 0 Å². The molecule has 1 amide bonds. The predicted octanol–water partition coefficient (Wildman–Crippen LogP) is 3.95. The molecule has 132 valence electrons. The van der Waals surface area contributed by atoms with Crippen molar-refractivity contribution >= 4 is 21.4 Å². The van der Waals surface area contributed by atoms with Crippen molar-refractivity contribution in [1.82, 2.24) is 0 Å². The fourth-order valence-corrected chi connectivity index (χ4v) is 5.42. The van der Waals surface area contributed by atoms with Gasteiger partial charge in [-0.05, 0) is 75.4 Å². The number of sulfone groups is 1. The number of nitrogens with one attached hydrogen (secondary N) is 1. The molecule has 5 heteroatoms. The van der Waals surface area contributed by atoms with Crippen LogP contribution in [-0.2, 0) is 14.6 Å². The van der Waals surface area contributed by atoms with Crippen molar-refractivity contribution in [3.05, 3.63) is 59.2 Å². The quantitative estimate of drug-likeness (QED) is 0.901. The van der Waals surface area contributed by atoms with Crippen LogP contribution in [0.4, 0.5) is 5.69 Å². The third kappa shape index (κ3) is 3.09. The highest BCUT2D eigenvalue weighted by Gasteiger charge is 2.55. The normalized spacial score (nSPS) is 16.1. The molecule has 0 bridgehead atoms. The molecule has 0 unspecified atom stereocenters. The Hall–Kier alpha value is -2.14. The van der Waals surface area contributed by atoms with Crippen LogP contribution in [0.5, 0.6) is 0 Å². The molecule has 1 saturated carbocycles. The third-order valence-corrected chi connectivity index (χ3v) is 7.42. The first-order valence-corrected chi connectivity index (χ1v) is 9.94. The van der Waals surface area contributed by atoms with Gasteiger partial charge in [-0.15, -0.1) is 0 Å². The molecular formula is C20H23NO3S. The molecule has 0 heterocycles. The van der Waals surface area contributed by atoms with E-state index < -0.39 is 20.5 Å². The Kier molecular flexibility index (Phi) is 4.45. The Balaban J connectivity index is 1.94. The second kappa shape index (κ2) is 6.30. The maximum atomic E-state index is 13.2. The fourth-order valence-electron chi connectivity index (χ4n) is 3.35. The lowest BCUT2D eigenvalue weighted by molar-refractivity contribution is -0.120. The summed E-state index contributed by atoms with van der Waals surface area (Å²) in [4.78, 5) is 13.2. The number of anilines is 1. The number of aryl methyl sites for hydroxylation is 3. The minimum Gasteiger partial charge on any atom is -0.325 e. The number of hydrogen-bond donors (Lipinski definition) is 1. The van der Waals surface area contributed by atoms with Gasteiger partial charge in [-0.3, -0.25) is 4.79 Å². The number of carbonyl (C=O) groups excluding carboxylic acids is 1. The van der Waals surface area contributed by atoms with Gasteiger partial charge >= 0.3 is 0 Å². The van der Waals surface area contributed by atoms with Gasteiger partial charge < -0.3 is 5.32 Å². The number of rotatable bonds is 4. The molecule has 1 aliphatic rings. The van der Waals surface area contributed by atoms with Crippen molar-refractivity contribution in [2.45, 2.75) is 49.7 Å². The van der Waals surface area contributed by atoms with Crippen LogP contribution in [0, 0.1) is 20.8 Å². The maximum Gasteiger partial charge on any atom is 0.246 e. The first-order chi connectivity index (χ1) is 11.7. The Morgan fingerprint density at radius 3 is 1.96 bits per heavy atom. The molecule has 0 spiro atoms. The second-order valence-corrected chi connectivity index (χ2v) is 9.25. The van der Waals surface area contributed by atoms with E-state index in [9.17, 15) is 13.2 Å². The average Bonchev–Trinajstić information content (AvgIpc) is 2.44. The fraction of sp³-hybridized carbons (Fsp3) is 0.350. The van der Waals surface area contributed by atoms with Crippen LogP contribution in [0.2, 0.25) is 0 Å². The van der Waals surface area contributed by atoms with Crippen LogP contribution < -0.4 is 5.32 Å². The van der Waals surface area contributed by atoms with Crippen LogP contribution in [0.25, 0.3) is 0 Å². The summed E-state index contributed by atoms with van der Waals surface area (Å²) in [6.07, 6.45) is 1.46. The van der Waals surface area contributed by atoms with Crippen LogP contribution in [0.3, 0.4) is 0 Å². The minimum atomic E-state index is -3.73. The minimum absolute atomic E-state index is 0.216. The maximum absolute atomic E-state index is 13.2. The first-order valence-electron chi connectivity index (χ1n) is 8.46. The number of amides is 1. The van der Waals surface area contributed by atoms with Crippen LogP contribution in [-0.4, -0.2) is 19.1 Å². The van der Waals surface area contributed by atoms with Gasteiger partial charge in [0, 0.05) is 5.69 Å². The molecule has 0 saturated heterocycles. The molecule has 1 aliphatic carbocycles. The molecule has 0 aliphatic heterocycles. The lowest BCUT2D eigenvalue weighted by Gasteiger charge is -2.39. The molecule has 2 aromatic carbocycles. The number of benzene rings is 2. The Morgan fingerprint density at radius 2 is 1.48 bits per heavy atom. The van der Waals surface area contributed by atoms with Crippen molar-refractivity contribution in [3.8, 4) is 0 Å². The Bertz CT molecular complexity index is 890. The molecular weight excluding hydrogens is 334 g/mol. The van der Waals surface area contributed by atoms with Crippen molar-refractivity contribution in [3.63, 3.8) is 0 Å². The van der Waals surface area contributed by atoms with Gasteiger partial charge in [0.2, 0.25) is 5.91 Å². The first kappa shape index (κ1) is 17.7. The van der Waals surface area contributed by atoms with Gasteiger partial charge in [0.05, 0.1) is 4.90 Å². The van der Waals surface area contributed by atoms with Crippen molar-refractivity contribution < 1.29 is 13.2 Å². The van der Waals surface area contributed by atoms with Crippen LogP contribution >= 0.6 is 0 Å². The van der Waals surface area contributed by atoms with E-state index in [1.807, 2.05) is 39.0 Å². The summed E-state index contributed by atoms with van der Waals surface area (Å²) in [6.45, 7) is 5.80. The summed E-state index contributed by atoms with van der Waals surface area (Å²) in [5.41, 5.74) is 3.69. The second-order valence-electron chi connectivity index (χ2n) is 6.99. The smallest absolute Gasteiger partial charge is 0.246 e.